The van der Waals surface area contributed by atoms with Crippen molar-refractivity contribution in [2.45, 2.75) is 45.6 Å². The van der Waals surface area contributed by atoms with E-state index >= 15 is 0 Å². The molecule has 166 valence electrons. The van der Waals surface area contributed by atoms with Gasteiger partial charge in [0.05, 0.1) is 24.6 Å². The summed E-state index contributed by atoms with van der Waals surface area (Å²) < 4.78 is 13.9. The predicted molar refractivity (Wildman–Crippen MR) is 132 cm³/mol. The molecule has 0 aliphatic heterocycles. The van der Waals surface area contributed by atoms with E-state index in [1.165, 1.54) is 5.56 Å². The summed E-state index contributed by atoms with van der Waals surface area (Å²) in [6.07, 6.45) is 4.23. The number of hydrogen-bond donors (Lipinski definition) is 0. The van der Waals surface area contributed by atoms with E-state index < -0.39 is 0 Å². The van der Waals surface area contributed by atoms with Crippen molar-refractivity contribution >= 4 is 25.1 Å². The molecule has 0 saturated carbocycles. The van der Waals surface area contributed by atoms with E-state index in [1.807, 2.05) is 41.1 Å². The normalized spacial score (nSPS) is 15.1. The number of nitrogens with zero attached hydrogens (tertiary/aromatic N) is 2. The number of halogens is 1. The van der Waals surface area contributed by atoms with Gasteiger partial charge in [0.25, 0.3) is 0 Å². The van der Waals surface area contributed by atoms with Crippen molar-refractivity contribution in [3.63, 3.8) is 0 Å². The minimum Gasteiger partial charge on any atom is -0.494 e. The number of benzene rings is 2. The van der Waals surface area contributed by atoms with Crippen molar-refractivity contribution < 1.29 is 9.47 Å². The van der Waals surface area contributed by atoms with Gasteiger partial charge in [-0.3, -0.25) is 0 Å². The standard InChI is InChI=1S/C25H29ClN2O2.H2S/c1-4-17(5-2)16-30-20-14-21-22(15-20)27-28(23-8-6-7-9-24(23)29-3)25(21)18-10-12-19(26)13-11-18;/h6-13,17,20H,4-5,14-16H2,1-3H3;1H2/t20-;/m0./s1. The summed E-state index contributed by atoms with van der Waals surface area (Å²) in [5, 5.41) is 5.74. The largest absolute Gasteiger partial charge is 0.494 e. The minimum atomic E-state index is 0. The topological polar surface area (TPSA) is 36.3 Å². The fourth-order valence-corrected chi connectivity index (χ4v) is 4.31. The third-order valence-electron chi connectivity index (χ3n) is 6.07. The molecule has 0 N–H and O–H groups in total. The lowest BCUT2D eigenvalue weighted by Gasteiger charge is -2.18. The van der Waals surface area contributed by atoms with Crippen LogP contribution in [0.25, 0.3) is 16.9 Å². The van der Waals surface area contributed by atoms with Crippen LogP contribution < -0.4 is 4.74 Å². The highest BCUT2D eigenvalue weighted by molar-refractivity contribution is 7.59. The van der Waals surface area contributed by atoms with Crippen LogP contribution in [0, 0.1) is 5.92 Å². The van der Waals surface area contributed by atoms with Crippen LogP contribution in [0.3, 0.4) is 0 Å². The van der Waals surface area contributed by atoms with Crippen LogP contribution in [-0.2, 0) is 17.6 Å². The number of rotatable bonds is 8. The van der Waals surface area contributed by atoms with Gasteiger partial charge in [-0.1, -0.05) is 62.6 Å². The van der Waals surface area contributed by atoms with Crippen molar-refractivity contribution in [2.75, 3.05) is 13.7 Å². The maximum absolute atomic E-state index is 6.29. The van der Waals surface area contributed by atoms with Gasteiger partial charge in [0.2, 0.25) is 0 Å². The lowest BCUT2D eigenvalue weighted by atomic mass is 10.0. The summed E-state index contributed by atoms with van der Waals surface area (Å²) in [4.78, 5) is 0. The first kappa shape index (κ1) is 23.7. The molecule has 0 unspecified atom stereocenters. The monoisotopic (exact) mass is 458 g/mol. The number of fused-ring (bicyclic) bond motifs is 1. The molecule has 0 fully saturated rings. The van der Waals surface area contributed by atoms with Crippen LogP contribution in [0.4, 0.5) is 0 Å². The molecule has 0 saturated heterocycles. The van der Waals surface area contributed by atoms with E-state index in [1.54, 1.807) is 7.11 Å². The minimum absolute atomic E-state index is 0. The maximum atomic E-state index is 6.29. The number of para-hydroxylation sites is 2. The van der Waals surface area contributed by atoms with Crippen molar-refractivity contribution in [1.29, 1.82) is 0 Å². The second-order valence-electron chi connectivity index (χ2n) is 7.91. The van der Waals surface area contributed by atoms with Crippen LogP contribution in [0.15, 0.2) is 48.5 Å². The zero-order chi connectivity index (χ0) is 21.1. The first-order valence-corrected chi connectivity index (χ1v) is 11.1. The molecule has 1 aliphatic carbocycles. The molecule has 31 heavy (non-hydrogen) atoms. The van der Waals surface area contributed by atoms with E-state index in [2.05, 4.69) is 26.0 Å². The van der Waals surface area contributed by atoms with Gasteiger partial charge in [0.1, 0.15) is 11.4 Å². The van der Waals surface area contributed by atoms with E-state index in [-0.39, 0.29) is 19.6 Å². The van der Waals surface area contributed by atoms with Crippen molar-refractivity contribution in [3.8, 4) is 22.7 Å². The van der Waals surface area contributed by atoms with Crippen LogP contribution in [0.2, 0.25) is 5.02 Å². The summed E-state index contributed by atoms with van der Waals surface area (Å²) in [7, 11) is 1.69. The Bertz CT molecular complexity index is 999. The molecule has 1 heterocycles. The van der Waals surface area contributed by atoms with E-state index in [0.29, 0.717) is 5.92 Å². The van der Waals surface area contributed by atoms with E-state index in [9.17, 15) is 0 Å². The van der Waals surface area contributed by atoms with Gasteiger partial charge in [-0.2, -0.15) is 18.6 Å². The highest BCUT2D eigenvalue weighted by Crippen LogP contribution is 2.37. The fraction of sp³-hybridized carbons (Fsp3) is 0.400. The van der Waals surface area contributed by atoms with Gasteiger partial charge in [-0.05, 0) is 30.2 Å². The predicted octanol–water partition coefficient (Wildman–Crippen LogP) is 6.23. The Morgan fingerprint density at radius 2 is 1.77 bits per heavy atom. The lowest BCUT2D eigenvalue weighted by molar-refractivity contribution is 0.0332. The first-order valence-electron chi connectivity index (χ1n) is 10.8. The molecule has 0 radical (unpaired) electrons. The molecule has 0 spiro atoms. The summed E-state index contributed by atoms with van der Waals surface area (Å²) in [6.45, 7) is 5.29. The van der Waals surface area contributed by atoms with Crippen molar-refractivity contribution in [1.82, 2.24) is 9.78 Å². The number of ether oxygens (including phenoxy) is 2. The van der Waals surface area contributed by atoms with Crippen LogP contribution in [0.1, 0.15) is 37.9 Å². The Morgan fingerprint density at radius 3 is 2.45 bits per heavy atom. The quantitative estimate of drug-likeness (QED) is 0.401. The zero-order valence-corrected chi connectivity index (χ0v) is 20.2. The summed E-state index contributed by atoms with van der Waals surface area (Å²) in [5.74, 6) is 1.43. The molecule has 6 heteroatoms. The summed E-state index contributed by atoms with van der Waals surface area (Å²) in [5.41, 5.74) is 5.51. The molecule has 1 aromatic heterocycles. The van der Waals surface area contributed by atoms with Gasteiger partial charge in [-0.15, -0.1) is 0 Å². The van der Waals surface area contributed by atoms with Crippen LogP contribution in [-0.4, -0.2) is 29.6 Å². The Labute approximate surface area is 197 Å². The second-order valence-corrected chi connectivity index (χ2v) is 8.35. The molecule has 1 aliphatic rings. The molecule has 4 nitrogen and oxygen atoms in total. The van der Waals surface area contributed by atoms with Gasteiger partial charge in [-0.25, -0.2) is 4.68 Å². The zero-order valence-electron chi connectivity index (χ0n) is 18.4. The maximum Gasteiger partial charge on any atom is 0.144 e. The Balaban J connectivity index is 0.00000272. The lowest BCUT2D eigenvalue weighted by Crippen LogP contribution is -2.19. The van der Waals surface area contributed by atoms with Crippen molar-refractivity contribution in [2.24, 2.45) is 5.92 Å². The highest BCUT2D eigenvalue weighted by Gasteiger charge is 2.31. The Kier molecular flexibility index (Phi) is 8.09. The van der Waals surface area contributed by atoms with Gasteiger partial charge in [0.15, 0.2) is 0 Å². The molecule has 0 amide bonds. The average molecular weight is 459 g/mol. The smallest absolute Gasteiger partial charge is 0.144 e. The highest BCUT2D eigenvalue weighted by atomic mass is 35.5. The van der Waals surface area contributed by atoms with Crippen LogP contribution in [0.5, 0.6) is 5.75 Å². The van der Waals surface area contributed by atoms with Crippen LogP contribution >= 0.6 is 25.1 Å². The molecular weight excluding hydrogens is 428 g/mol. The molecule has 4 rings (SSSR count). The molecule has 2 aromatic carbocycles. The van der Waals surface area contributed by atoms with E-state index in [4.69, 9.17) is 26.2 Å². The molecule has 1 atom stereocenters. The number of hydrogen-bond acceptors (Lipinski definition) is 3. The van der Waals surface area contributed by atoms with E-state index in [0.717, 1.165) is 65.7 Å². The third kappa shape index (κ3) is 4.94. The molecular formula is C25H31ClN2O2S. The molecule has 3 aromatic rings. The fourth-order valence-electron chi connectivity index (χ4n) is 4.19. The summed E-state index contributed by atoms with van der Waals surface area (Å²) >= 11 is 6.15. The van der Waals surface area contributed by atoms with Gasteiger partial charge < -0.3 is 9.47 Å². The number of methoxy groups -OCH3 is 1. The number of aromatic nitrogens is 2. The van der Waals surface area contributed by atoms with Gasteiger partial charge >= 0.3 is 0 Å². The third-order valence-corrected chi connectivity index (χ3v) is 6.32. The molecule has 0 bridgehead atoms. The Hall–Kier alpha value is -1.95. The van der Waals surface area contributed by atoms with Gasteiger partial charge in [0, 0.05) is 35.6 Å². The second kappa shape index (κ2) is 10.6. The summed E-state index contributed by atoms with van der Waals surface area (Å²) in [6, 6.07) is 16.0. The van der Waals surface area contributed by atoms with Crippen molar-refractivity contribution in [3.05, 3.63) is 64.8 Å². The Morgan fingerprint density at radius 1 is 1.06 bits per heavy atom. The average Bonchev–Trinajstić information content (AvgIpc) is 3.32. The first-order chi connectivity index (χ1) is 14.6. The SMILES string of the molecule is CCC(CC)CO[C@@H]1Cc2nn(-c3ccccc3OC)c(-c3ccc(Cl)cc3)c2C1.S.